The SMILES string of the molecule is Nc1c(N)n(OCc2ccccc2)c2sccc12. The van der Waals surface area contributed by atoms with Crippen molar-refractivity contribution in [1.82, 2.24) is 4.73 Å². The van der Waals surface area contributed by atoms with Gasteiger partial charge in [-0.15, -0.1) is 11.3 Å². The molecule has 2 heterocycles. The number of nitrogens with two attached hydrogens (primary N) is 2. The van der Waals surface area contributed by atoms with Gasteiger partial charge in [0.25, 0.3) is 0 Å². The lowest BCUT2D eigenvalue weighted by molar-refractivity contribution is 0.113. The van der Waals surface area contributed by atoms with Crippen molar-refractivity contribution < 1.29 is 4.84 Å². The number of nitrogen functional groups attached to an aromatic ring is 2. The molecule has 0 aliphatic carbocycles. The van der Waals surface area contributed by atoms with E-state index in [2.05, 4.69) is 0 Å². The Morgan fingerprint density at radius 1 is 1.11 bits per heavy atom. The van der Waals surface area contributed by atoms with Crippen LogP contribution >= 0.6 is 11.3 Å². The molecule has 1 aromatic carbocycles. The molecule has 0 saturated carbocycles. The van der Waals surface area contributed by atoms with Gasteiger partial charge in [0, 0.05) is 5.39 Å². The number of benzene rings is 1. The van der Waals surface area contributed by atoms with Gasteiger partial charge in [-0.2, -0.15) is 4.73 Å². The molecule has 4 nitrogen and oxygen atoms in total. The van der Waals surface area contributed by atoms with Gasteiger partial charge < -0.3 is 16.3 Å². The van der Waals surface area contributed by atoms with Crippen LogP contribution in [0.25, 0.3) is 10.2 Å². The summed E-state index contributed by atoms with van der Waals surface area (Å²) in [6.07, 6.45) is 0. The van der Waals surface area contributed by atoms with Crippen molar-refractivity contribution in [2.75, 3.05) is 11.5 Å². The maximum absolute atomic E-state index is 5.94. The van der Waals surface area contributed by atoms with Crippen molar-refractivity contribution >= 4 is 33.1 Å². The number of nitrogens with zero attached hydrogens (tertiary/aromatic N) is 1. The zero-order chi connectivity index (χ0) is 12.5. The van der Waals surface area contributed by atoms with E-state index in [0.717, 1.165) is 15.8 Å². The molecule has 0 spiro atoms. The first-order chi connectivity index (χ1) is 8.77. The number of aromatic nitrogens is 1. The number of rotatable bonds is 3. The van der Waals surface area contributed by atoms with Gasteiger partial charge >= 0.3 is 0 Å². The number of hydrogen-bond donors (Lipinski definition) is 2. The Balaban J connectivity index is 1.91. The van der Waals surface area contributed by atoms with Crippen molar-refractivity contribution in [3.8, 4) is 0 Å². The average Bonchev–Trinajstić information content (AvgIpc) is 2.95. The van der Waals surface area contributed by atoms with Crippen molar-refractivity contribution in [2.45, 2.75) is 6.61 Å². The predicted molar refractivity (Wildman–Crippen MR) is 75.4 cm³/mol. The minimum atomic E-state index is 0.464. The summed E-state index contributed by atoms with van der Waals surface area (Å²) in [4.78, 5) is 6.68. The molecular formula is C13H13N3OS. The van der Waals surface area contributed by atoms with Crippen molar-refractivity contribution in [3.05, 3.63) is 47.3 Å². The predicted octanol–water partition coefficient (Wildman–Crippen LogP) is 2.50. The van der Waals surface area contributed by atoms with Gasteiger partial charge in [-0.1, -0.05) is 30.3 Å². The zero-order valence-electron chi connectivity index (χ0n) is 9.67. The topological polar surface area (TPSA) is 66.2 Å². The molecule has 4 N–H and O–H groups in total. The fourth-order valence-corrected chi connectivity index (χ4v) is 2.75. The molecular weight excluding hydrogens is 246 g/mol. The summed E-state index contributed by atoms with van der Waals surface area (Å²) in [5.74, 6) is 0.466. The first kappa shape index (κ1) is 11.0. The van der Waals surface area contributed by atoms with Crippen LogP contribution in [0.15, 0.2) is 41.8 Å². The monoisotopic (exact) mass is 259 g/mol. The molecule has 2 aromatic heterocycles. The maximum atomic E-state index is 5.94. The molecule has 3 aromatic rings. The van der Waals surface area contributed by atoms with Crippen molar-refractivity contribution in [1.29, 1.82) is 0 Å². The summed E-state index contributed by atoms with van der Waals surface area (Å²) in [5, 5.41) is 2.92. The number of fused-ring (bicyclic) bond motifs is 1. The normalized spacial score (nSPS) is 10.9. The molecule has 0 aliphatic heterocycles. The Labute approximate surface area is 108 Å². The molecule has 5 heteroatoms. The highest BCUT2D eigenvalue weighted by atomic mass is 32.1. The maximum Gasteiger partial charge on any atom is 0.165 e. The van der Waals surface area contributed by atoms with E-state index in [-0.39, 0.29) is 0 Å². The lowest BCUT2D eigenvalue weighted by Crippen LogP contribution is -2.13. The van der Waals surface area contributed by atoms with Crippen molar-refractivity contribution in [2.24, 2.45) is 0 Å². The van der Waals surface area contributed by atoms with Gasteiger partial charge in [-0.3, -0.25) is 0 Å². The van der Waals surface area contributed by atoms with Crippen molar-refractivity contribution in [3.63, 3.8) is 0 Å². The molecule has 3 rings (SSSR count). The van der Waals surface area contributed by atoms with Crippen LogP contribution in [0, 0.1) is 0 Å². The van der Waals surface area contributed by atoms with E-state index in [9.17, 15) is 0 Å². The summed E-state index contributed by atoms with van der Waals surface area (Å²) < 4.78 is 1.61. The van der Waals surface area contributed by atoms with E-state index in [1.807, 2.05) is 41.8 Å². The van der Waals surface area contributed by atoms with Gasteiger partial charge in [0.15, 0.2) is 5.82 Å². The molecule has 0 atom stereocenters. The van der Waals surface area contributed by atoms with Crippen LogP contribution < -0.4 is 16.3 Å². The lowest BCUT2D eigenvalue weighted by Gasteiger charge is -2.09. The largest absolute Gasteiger partial charge is 0.406 e. The summed E-state index contributed by atoms with van der Waals surface area (Å²) in [6, 6.07) is 11.9. The Hall–Kier alpha value is -2.14. The Kier molecular flexibility index (Phi) is 2.60. The molecule has 0 bridgehead atoms. The third kappa shape index (κ3) is 1.69. The smallest absolute Gasteiger partial charge is 0.165 e. The summed E-state index contributed by atoms with van der Waals surface area (Å²) in [5.41, 5.74) is 13.6. The van der Waals surface area contributed by atoms with Crippen LogP contribution in [0.4, 0.5) is 11.5 Å². The van der Waals surface area contributed by atoms with Crippen LogP contribution in [0.3, 0.4) is 0 Å². The van der Waals surface area contributed by atoms with E-state index in [1.165, 1.54) is 0 Å². The summed E-state index contributed by atoms with van der Waals surface area (Å²) in [6.45, 7) is 0.464. The van der Waals surface area contributed by atoms with Gasteiger partial charge in [-0.05, 0) is 17.0 Å². The van der Waals surface area contributed by atoms with Crippen LogP contribution in [-0.2, 0) is 6.61 Å². The van der Waals surface area contributed by atoms with E-state index >= 15 is 0 Å². The van der Waals surface area contributed by atoms with E-state index in [4.69, 9.17) is 16.3 Å². The molecule has 0 amide bonds. The Morgan fingerprint density at radius 3 is 2.67 bits per heavy atom. The zero-order valence-corrected chi connectivity index (χ0v) is 10.5. The average molecular weight is 259 g/mol. The molecule has 0 aliphatic rings. The molecule has 0 fully saturated rings. The van der Waals surface area contributed by atoms with Crippen LogP contribution in [0.5, 0.6) is 0 Å². The fraction of sp³-hybridized carbons (Fsp3) is 0.0769. The third-order valence-corrected chi connectivity index (χ3v) is 3.70. The second-order valence-electron chi connectivity index (χ2n) is 3.99. The molecule has 18 heavy (non-hydrogen) atoms. The van der Waals surface area contributed by atoms with E-state index < -0.39 is 0 Å². The Morgan fingerprint density at radius 2 is 1.89 bits per heavy atom. The van der Waals surface area contributed by atoms with Gasteiger partial charge in [-0.25, -0.2) is 0 Å². The van der Waals surface area contributed by atoms with Gasteiger partial charge in [0.05, 0.1) is 5.69 Å². The minimum absolute atomic E-state index is 0.464. The van der Waals surface area contributed by atoms with Crippen LogP contribution in [0.2, 0.25) is 0 Å². The lowest BCUT2D eigenvalue weighted by atomic mass is 10.2. The first-order valence-corrected chi connectivity index (χ1v) is 6.45. The van der Waals surface area contributed by atoms with E-state index in [0.29, 0.717) is 18.1 Å². The summed E-state index contributed by atoms with van der Waals surface area (Å²) in [7, 11) is 0. The fourth-order valence-electron chi connectivity index (χ4n) is 1.86. The number of thiophene rings is 1. The highest BCUT2D eigenvalue weighted by Gasteiger charge is 2.14. The molecule has 92 valence electrons. The molecule has 0 radical (unpaired) electrons. The van der Waals surface area contributed by atoms with E-state index in [1.54, 1.807) is 16.1 Å². The number of hydrogen-bond acceptors (Lipinski definition) is 4. The second-order valence-corrected chi connectivity index (χ2v) is 4.89. The second kappa shape index (κ2) is 4.27. The van der Waals surface area contributed by atoms with Gasteiger partial charge in [0.1, 0.15) is 11.4 Å². The third-order valence-electron chi connectivity index (χ3n) is 2.82. The standard InChI is InChI=1S/C13H13N3OS/c14-11-10-6-7-18-13(10)16(12(11)15)17-8-9-4-2-1-3-5-9/h1-7H,8,14-15H2. The van der Waals surface area contributed by atoms with Crippen LogP contribution in [0.1, 0.15) is 5.56 Å². The summed E-state index contributed by atoms with van der Waals surface area (Å²) >= 11 is 1.56. The minimum Gasteiger partial charge on any atom is -0.406 e. The molecule has 0 saturated heterocycles. The Bertz CT molecular complexity index is 672. The highest BCUT2D eigenvalue weighted by molar-refractivity contribution is 7.17. The quantitative estimate of drug-likeness (QED) is 0.759. The highest BCUT2D eigenvalue weighted by Crippen LogP contribution is 2.33. The number of anilines is 2. The first-order valence-electron chi connectivity index (χ1n) is 5.57. The molecule has 0 unspecified atom stereocenters. The van der Waals surface area contributed by atoms with Gasteiger partial charge in [0.2, 0.25) is 0 Å². The van der Waals surface area contributed by atoms with Crippen LogP contribution in [-0.4, -0.2) is 4.73 Å².